The first-order chi connectivity index (χ1) is 11.5. The minimum atomic E-state index is -0.411. The molecule has 0 aliphatic carbocycles. The second-order valence-electron chi connectivity index (χ2n) is 4.29. The number of nitro groups is 1. The number of hydrogen-bond donors (Lipinski definition) is 2. The van der Waals surface area contributed by atoms with E-state index in [9.17, 15) is 14.9 Å². The van der Waals surface area contributed by atoms with Gasteiger partial charge in [-0.3, -0.25) is 14.9 Å². The van der Waals surface area contributed by atoms with E-state index in [0.717, 1.165) is 0 Å². The molecule has 24 heavy (non-hydrogen) atoms. The second-order valence-corrected chi connectivity index (χ2v) is 4.55. The molecule has 1 heterocycles. The van der Waals surface area contributed by atoms with E-state index in [4.69, 9.17) is 16.3 Å². The van der Waals surface area contributed by atoms with E-state index in [1.807, 2.05) is 0 Å². The Balaban J connectivity index is 0.000000243. The van der Waals surface area contributed by atoms with E-state index in [2.05, 4.69) is 15.6 Å². The molecule has 2 aromatic rings. The molecule has 1 aromatic heterocycles. The topological polar surface area (TPSA) is 106 Å². The number of methoxy groups -OCH3 is 1. The number of nitrogens with zero attached hydrogens (tertiary/aromatic N) is 2. The Morgan fingerprint density at radius 2 is 2.08 bits per heavy atom. The van der Waals surface area contributed by atoms with Gasteiger partial charge in [0.25, 0.3) is 5.69 Å². The molecule has 0 unspecified atom stereocenters. The summed E-state index contributed by atoms with van der Waals surface area (Å²) in [7, 11) is 3.20. The Bertz CT molecular complexity index is 697. The van der Waals surface area contributed by atoms with Gasteiger partial charge in [-0.2, -0.15) is 0 Å². The van der Waals surface area contributed by atoms with E-state index in [-0.39, 0.29) is 17.5 Å². The van der Waals surface area contributed by atoms with Gasteiger partial charge in [0, 0.05) is 25.4 Å². The van der Waals surface area contributed by atoms with Crippen LogP contribution in [0.15, 0.2) is 42.6 Å². The van der Waals surface area contributed by atoms with Crippen LogP contribution in [0.4, 0.5) is 17.2 Å². The SMILES string of the molecule is CNc1ccccc1[N+](=O)[O-].COc1ccnc(NC(=O)CCl)c1. The maximum absolute atomic E-state index is 10.9. The summed E-state index contributed by atoms with van der Waals surface area (Å²) in [5.41, 5.74) is 0.646. The highest BCUT2D eigenvalue weighted by atomic mass is 35.5. The third-order valence-electron chi connectivity index (χ3n) is 2.73. The van der Waals surface area contributed by atoms with Gasteiger partial charge in [-0.05, 0) is 12.1 Å². The van der Waals surface area contributed by atoms with Crippen LogP contribution in [0.2, 0.25) is 0 Å². The summed E-state index contributed by atoms with van der Waals surface area (Å²) in [6, 6.07) is 9.82. The molecule has 0 aliphatic rings. The number of rotatable bonds is 5. The number of carbonyl (C=O) groups is 1. The average Bonchev–Trinajstić information content (AvgIpc) is 2.62. The number of anilines is 2. The van der Waals surface area contributed by atoms with E-state index < -0.39 is 4.92 Å². The van der Waals surface area contributed by atoms with Crippen LogP contribution in [0.25, 0.3) is 0 Å². The number of nitro benzene ring substituents is 1. The van der Waals surface area contributed by atoms with Gasteiger partial charge < -0.3 is 15.4 Å². The fraction of sp³-hybridized carbons (Fsp3) is 0.200. The fourth-order valence-electron chi connectivity index (χ4n) is 1.63. The van der Waals surface area contributed by atoms with Gasteiger partial charge in [0.2, 0.25) is 5.91 Å². The van der Waals surface area contributed by atoms with Gasteiger partial charge in [0.1, 0.15) is 23.1 Å². The maximum atomic E-state index is 10.9. The summed E-state index contributed by atoms with van der Waals surface area (Å²) in [6.45, 7) is 0. The van der Waals surface area contributed by atoms with Crippen LogP contribution >= 0.6 is 11.6 Å². The summed E-state index contributed by atoms with van der Waals surface area (Å²) in [5, 5.41) is 15.6. The molecule has 0 fully saturated rings. The van der Waals surface area contributed by atoms with Crippen molar-refractivity contribution in [3.63, 3.8) is 0 Å². The standard InChI is InChI=1S/C8H9ClN2O2.C7H8N2O2/c1-13-6-2-3-10-7(4-6)11-8(12)5-9;1-8-6-4-2-3-5-7(6)9(10)11/h2-4H,5H2,1H3,(H,10,11,12);2-5,8H,1H3. The largest absolute Gasteiger partial charge is 0.497 e. The number of ether oxygens (including phenoxy) is 1. The molecule has 1 amide bonds. The van der Waals surface area contributed by atoms with Gasteiger partial charge in [0.05, 0.1) is 12.0 Å². The molecule has 1 aromatic carbocycles. The quantitative estimate of drug-likeness (QED) is 0.487. The number of aromatic nitrogens is 1. The summed E-state index contributed by atoms with van der Waals surface area (Å²) >= 11 is 5.30. The second kappa shape index (κ2) is 10.0. The van der Waals surface area contributed by atoms with Gasteiger partial charge >= 0.3 is 0 Å². The first kappa shape index (κ1) is 19.2. The summed E-state index contributed by atoms with van der Waals surface area (Å²) in [4.78, 5) is 24.7. The highest BCUT2D eigenvalue weighted by Crippen LogP contribution is 2.21. The van der Waals surface area contributed by atoms with Crippen LogP contribution < -0.4 is 15.4 Å². The van der Waals surface area contributed by atoms with Crippen LogP contribution in [0, 0.1) is 10.1 Å². The van der Waals surface area contributed by atoms with Gasteiger partial charge in [0.15, 0.2) is 0 Å². The molecule has 9 heteroatoms. The van der Waals surface area contributed by atoms with Crippen LogP contribution in [-0.4, -0.2) is 35.9 Å². The smallest absolute Gasteiger partial charge is 0.292 e. The van der Waals surface area contributed by atoms with E-state index in [0.29, 0.717) is 17.3 Å². The molecule has 0 radical (unpaired) electrons. The number of benzene rings is 1. The Labute approximate surface area is 144 Å². The van der Waals surface area contributed by atoms with Crippen LogP contribution in [0.1, 0.15) is 0 Å². The Morgan fingerprint density at radius 3 is 2.62 bits per heavy atom. The van der Waals surface area contributed by atoms with Crippen molar-refractivity contribution in [2.75, 3.05) is 30.7 Å². The zero-order valence-corrected chi connectivity index (χ0v) is 13.9. The van der Waals surface area contributed by atoms with Crippen molar-refractivity contribution in [2.45, 2.75) is 0 Å². The molecular formula is C15H17ClN4O4. The molecule has 0 saturated heterocycles. The molecule has 2 N–H and O–H groups in total. The summed E-state index contributed by atoms with van der Waals surface area (Å²) in [5.74, 6) is 0.700. The zero-order valence-electron chi connectivity index (χ0n) is 13.2. The number of carbonyl (C=O) groups excluding carboxylic acids is 1. The predicted molar refractivity (Wildman–Crippen MR) is 92.8 cm³/mol. The predicted octanol–water partition coefficient (Wildman–Crippen LogP) is 2.90. The Kier molecular flexibility index (Phi) is 8.00. The third-order valence-corrected chi connectivity index (χ3v) is 2.97. The molecular weight excluding hydrogens is 336 g/mol. The number of amides is 1. The zero-order chi connectivity index (χ0) is 17.9. The molecule has 0 aliphatic heterocycles. The van der Waals surface area contributed by atoms with Crippen molar-refractivity contribution >= 4 is 34.7 Å². The lowest BCUT2D eigenvalue weighted by Crippen LogP contribution is -2.13. The van der Waals surface area contributed by atoms with Crippen LogP contribution in [-0.2, 0) is 4.79 Å². The number of hydrogen-bond acceptors (Lipinski definition) is 6. The van der Waals surface area contributed by atoms with Crippen LogP contribution in [0.3, 0.4) is 0 Å². The molecule has 8 nitrogen and oxygen atoms in total. The lowest BCUT2D eigenvalue weighted by Gasteiger charge is -2.03. The van der Waals surface area contributed by atoms with Crippen molar-refractivity contribution in [2.24, 2.45) is 0 Å². The molecule has 0 saturated carbocycles. The van der Waals surface area contributed by atoms with E-state index in [1.54, 1.807) is 50.7 Å². The van der Waals surface area contributed by atoms with Gasteiger partial charge in [-0.15, -0.1) is 11.6 Å². The van der Waals surface area contributed by atoms with Crippen molar-refractivity contribution in [3.05, 3.63) is 52.7 Å². The van der Waals surface area contributed by atoms with Crippen LogP contribution in [0.5, 0.6) is 5.75 Å². The third kappa shape index (κ3) is 6.09. The lowest BCUT2D eigenvalue weighted by molar-refractivity contribution is -0.383. The maximum Gasteiger partial charge on any atom is 0.292 e. The first-order valence-corrected chi connectivity index (χ1v) is 7.32. The Morgan fingerprint density at radius 1 is 1.38 bits per heavy atom. The Hall–Kier alpha value is -2.87. The van der Waals surface area contributed by atoms with Crippen molar-refractivity contribution < 1.29 is 14.5 Å². The van der Waals surface area contributed by atoms with Gasteiger partial charge in [-0.25, -0.2) is 4.98 Å². The van der Waals surface area contributed by atoms with Crippen molar-refractivity contribution in [1.82, 2.24) is 4.98 Å². The highest BCUT2D eigenvalue weighted by molar-refractivity contribution is 6.29. The highest BCUT2D eigenvalue weighted by Gasteiger charge is 2.09. The number of alkyl halides is 1. The molecule has 0 atom stereocenters. The van der Waals surface area contributed by atoms with E-state index in [1.165, 1.54) is 6.07 Å². The average molecular weight is 353 g/mol. The van der Waals surface area contributed by atoms with Crippen molar-refractivity contribution in [1.29, 1.82) is 0 Å². The summed E-state index contributed by atoms with van der Waals surface area (Å²) in [6.07, 6.45) is 1.54. The number of pyridine rings is 1. The number of para-hydroxylation sites is 2. The normalized spacial score (nSPS) is 9.29. The molecule has 0 bridgehead atoms. The molecule has 0 spiro atoms. The number of nitrogens with one attached hydrogen (secondary N) is 2. The number of halogens is 1. The monoisotopic (exact) mass is 352 g/mol. The summed E-state index contributed by atoms with van der Waals surface area (Å²) < 4.78 is 4.95. The lowest BCUT2D eigenvalue weighted by atomic mass is 10.3. The fourth-order valence-corrected chi connectivity index (χ4v) is 1.69. The first-order valence-electron chi connectivity index (χ1n) is 6.78. The van der Waals surface area contributed by atoms with E-state index >= 15 is 0 Å². The van der Waals surface area contributed by atoms with Gasteiger partial charge in [-0.1, -0.05) is 12.1 Å². The van der Waals surface area contributed by atoms with Crippen molar-refractivity contribution in [3.8, 4) is 5.75 Å². The minimum Gasteiger partial charge on any atom is -0.497 e. The minimum absolute atomic E-state index is 0.0844. The molecule has 128 valence electrons. The molecule has 2 rings (SSSR count).